The molecule has 0 aromatic heterocycles. The third kappa shape index (κ3) is 5.01. The van der Waals surface area contributed by atoms with Crippen molar-refractivity contribution in [1.29, 1.82) is 0 Å². The molecule has 0 atom stereocenters. The normalized spacial score (nSPS) is 10.8. The Labute approximate surface area is 173 Å². The van der Waals surface area contributed by atoms with Gasteiger partial charge in [-0.2, -0.15) is 0 Å². The van der Waals surface area contributed by atoms with Crippen LogP contribution in [0, 0.1) is 0 Å². The highest BCUT2D eigenvalue weighted by Crippen LogP contribution is 2.21. The molecule has 1 nitrogen and oxygen atoms in total. The zero-order valence-corrected chi connectivity index (χ0v) is 16.6. The van der Waals surface area contributed by atoms with Crippen molar-refractivity contribution in [3.05, 3.63) is 142 Å². The topological polar surface area (TPSA) is 20.2 Å². The summed E-state index contributed by atoms with van der Waals surface area (Å²) in [6.07, 6.45) is 2.73. The number of rotatable bonds is 7. The summed E-state index contributed by atoms with van der Waals surface area (Å²) in [4.78, 5) is 0. The molecule has 0 aliphatic heterocycles. The minimum absolute atomic E-state index is 0.0845. The van der Waals surface area contributed by atoms with E-state index in [1.807, 2.05) is 18.2 Å². The van der Waals surface area contributed by atoms with Crippen LogP contribution in [0.2, 0.25) is 0 Å². The summed E-state index contributed by atoms with van der Waals surface area (Å²) in [5, 5.41) is 9.63. The van der Waals surface area contributed by atoms with Gasteiger partial charge < -0.3 is 5.11 Å². The Hall–Kier alpha value is -3.16. The van der Waals surface area contributed by atoms with Crippen LogP contribution in [0.15, 0.2) is 103 Å². The first-order valence-corrected chi connectivity index (χ1v) is 10.2. The molecule has 0 bridgehead atoms. The zero-order chi connectivity index (χ0) is 19.9. The van der Waals surface area contributed by atoms with Gasteiger partial charge in [0.1, 0.15) is 0 Å². The molecule has 0 aliphatic carbocycles. The fourth-order valence-electron chi connectivity index (χ4n) is 3.82. The summed E-state index contributed by atoms with van der Waals surface area (Å²) in [5.74, 6) is 0. The van der Waals surface area contributed by atoms with Crippen molar-refractivity contribution in [3.63, 3.8) is 0 Å². The van der Waals surface area contributed by atoms with Gasteiger partial charge in [0.15, 0.2) is 0 Å². The predicted molar refractivity (Wildman–Crippen MR) is 120 cm³/mol. The summed E-state index contributed by atoms with van der Waals surface area (Å²) in [6, 6.07) is 36.3. The Balaban J connectivity index is 1.50. The summed E-state index contributed by atoms with van der Waals surface area (Å²) >= 11 is 0. The number of aliphatic hydroxyl groups excluding tert-OH is 1. The van der Waals surface area contributed by atoms with Gasteiger partial charge in [-0.25, -0.2) is 0 Å². The van der Waals surface area contributed by atoms with Crippen LogP contribution in [0.5, 0.6) is 0 Å². The number of hydrogen-bond acceptors (Lipinski definition) is 1. The molecule has 4 rings (SSSR count). The van der Waals surface area contributed by atoms with E-state index in [1.54, 1.807) is 0 Å². The van der Waals surface area contributed by atoms with Gasteiger partial charge in [0.25, 0.3) is 0 Å². The van der Waals surface area contributed by atoms with E-state index < -0.39 is 0 Å². The molecule has 4 aromatic rings. The van der Waals surface area contributed by atoms with Crippen molar-refractivity contribution in [1.82, 2.24) is 0 Å². The highest BCUT2D eigenvalue weighted by Gasteiger charge is 2.07. The van der Waals surface area contributed by atoms with Crippen molar-refractivity contribution in [2.45, 2.75) is 25.9 Å². The van der Waals surface area contributed by atoms with Crippen molar-refractivity contribution in [2.24, 2.45) is 0 Å². The second-order valence-electron chi connectivity index (χ2n) is 7.53. The van der Waals surface area contributed by atoms with E-state index in [0.29, 0.717) is 0 Å². The van der Waals surface area contributed by atoms with Gasteiger partial charge in [-0.1, -0.05) is 103 Å². The van der Waals surface area contributed by atoms with E-state index in [2.05, 4.69) is 84.9 Å². The first-order valence-electron chi connectivity index (χ1n) is 10.2. The van der Waals surface area contributed by atoms with Crippen molar-refractivity contribution in [2.75, 3.05) is 0 Å². The van der Waals surface area contributed by atoms with Crippen LogP contribution in [0.4, 0.5) is 0 Å². The second-order valence-corrected chi connectivity index (χ2v) is 7.53. The molecule has 0 amide bonds. The molecule has 0 saturated carbocycles. The molecular formula is C28H26O. The van der Waals surface area contributed by atoms with Crippen LogP contribution < -0.4 is 0 Å². The van der Waals surface area contributed by atoms with Crippen molar-refractivity contribution >= 4 is 0 Å². The standard InChI is InChI=1S/C28H26O/c29-21-28-13-7-6-12-27(28)20-26-11-5-4-10-25(26)19-24-16-14-23(15-17-24)18-22-8-2-1-3-9-22/h1-17,29H,18-21H2. The number of benzene rings is 4. The summed E-state index contributed by atoms with van der Waals surface area (Å²) in [6.45, 7) is 0.0845. The molecule has 0 saturated heterocycles. The highest BCUT2D eigenvalue weighted by molar-refractivity contribution is 5.39. The molecule has 0 fully saturated rings. The third-order valence-corrected chi connectivity index (χ3v) is 5.46. The van der Waals surface area contributed by atoms with Gasteiger partial charge in [-0.15, -0.1) is 0 Å². The molecule has 0 spiro atoms. The molecule has 4 aromatic carbocycles. The largest absolute Gasteiger partial charge is 0.392 e. The van der Waals surface area contributed by atoms with Gasteiger partial charge in [-0.05, 0) is 58.2 Å². The molecule has 144 valence electrons. The maximum atomic E-state index is 9.63. The van der Waals surface area contributed by atoms with Gasteiger partial charge in [0.05, 0.1) is 6.61 Å². The smallest absolute Gasteiger partial charge is 0.0684 e. The van der Waals surface area contributed by atoms with Crippen molar-refractivity contribution in [3.8, 4) is 0 Å². The van der Waals surface area contributed by atoms with E-state index in [-0.39, 0.29) is 6.61 Å². The lowest BCUT2D eigenvalue weighted by Crippen LogP contribution is -2.00. The van der Waals surface area contributed by atoms with E-state index in [9.17, 15) is 5.11 Å². The van der Waals surface area contributed by atoms with Crippen LogP contribution in [0.3, 0.4) is 0 Å². The lowest BCUT2D eigenvalue weighted by atomic mass is 9.93. The van der Waals surface area contributed by atoms with Gasteiger partial charge in [0, 0.05) is 0 Å². The third-order valence-electron chi connectivity index (χ3n) is 5.46. The second kappa shape index (κ2) is 9.36. The Morgan fingerprint density at radius 3 is 1.38 bits per heavy atom. The number of hydrogen-bond donors (Lipinski definition) is 1. The van der Waals surface area contributed by atoms with Crippen LogP contribution in [0.1, 0.15) is 38.9 Å². The maximum Gasteiger partial charge on any atom is 0.0684 e. The summed E-state index contributed by atoms with van der Waals surface area (Å²) in [7, 11) is 0. The van der Waals surface area contributed by atoms with Crippen LogP contribution in [0.25, 0.3) is 0 Å². The number of aliphatic hydroxyl groups is 1. The minimum atomic E-state index is 0.0845. The minimum Gasteiger partial charge on any atom is -0.392 e. The average molecular weight is 379 g/mol. The Morgan fingerprint density at radius 1 is 0.379 bits per heavy atom. The molecule has 29 heavy (non-hydrogen) atoms. The average Bonchev–Trinajstić information content (AvgIpc) is 2.77. The first kappa shape index (κ1) is 19.2. The molecule has 1 heteroatoms. The maximum absolute atomic E-state index is 9.63. The molecule has 1 N–H and O–H groups in total. The van der Waals surface area contributed by atoms with Crippen molar-refractivity contribution < 1.29 is 5.11 Å². The Kier molecular flexibility index (Phi) is 6.19. The molecule has 0 unspecified atom stereocenters. The lowest BCUT2D eigenvalue weighted by Gasteiger charge is -2.12. The van der Waals surface area contributed by atoms with Gasteiger partial charge in [-0.3, -0.25) is 0 Å². The SMILES string of the molecule is OCc1ccccc1Cc1ccccc1Cc1ccc(Cc2ccccc2)cc1. The van der Waals surface area contributed by atoms with Crippen LogP contribution >= 0.6 is 0 Å². The fourth-order valence-corrected chi connectivity index (χ4v) is 3.82. The molecule has 0 radical (unpaired) electrons. The van der Waals surface area contributed by atoms with Gasteiger partial charge in [0.2, 0.25) is 0 Å². The fraction of sp³-hybridized carbons (Fsp3) is 0.143. The zero-order valence-electron chi connectivity index (χ0n) is 16.6. The Bertz CT molecular complexity index is 1050. The van der Waals surface area contributed by atoms with E-state index >= 15 is 0 Å². The summed E-state index contributed by atoms with van der Waals surface area (Å²) in [5.41, 5.74) is 8.87. The van der Waals surface area contributed by atoms with Crippen LogP contribution in [-0.2, 0) is 25.9 Å². The summed E-state index contributed by atoms with van der Waals surface area (Å²) < 4.78 is 0. The Morgan fingerprint density at radius 2 is 0.793 bits per heavy atom. The highest BCUT2D eigenvalue weighted by atomic mass is 16.3. The van der Waals surface area contributed by atoms with Crippen LogP contribution in [-0.4, -0.2) is 5.11 Å². The molecule has 0 heterocycles. The molecular weight excluding hydrogens is 352 g/mol. The quantitative estimate of drug-likeness (QED) is 0.421. The monoisotopic (exact) mass is 378 g/mol. The lowest BCUT2D eigenvalue weighted by molar-refractivity contribution is 0.281. The first-order chi connectivity index (χ1) is 14.3. The van der Waals surface area contributed by atoms with Gasteiger partial charge >= 0.3 is 0 Å². The van der Waals surface area contributed by atoms with E-state index in [1.165, 1.54) is 33.4 Å². The van der Waals surface area contributed by atoms with E-state index in [4.69, 9.17) is 0 Å². The predicted octanol–water partition coefficient (Wildman–Crippen LogP) is 5.95. The van der Waals surface area contributed by atoms with E-state index in [0.717, 1.165) is 24.8 Å². The molecule has 0 aliphatic rings.